The number of ether oxygens (including phenoxy) is 1. The summed E-state index contributed by atoms with van der Waals surface area (Å²) in [6, 6.07) is 25.3. The van der Waals surface area contributed by atoms with E-state index in [-0.39, 0.29) is 11.7 Å². The fourth-order valence-electron chi connectivity index (χ4n) is 3.08. The van der Waals surface area contributed by atoms with Crippen LogP contribution >= 0.6 is 27.7 Å². The Morgan fingerprint density at radius 2 is 1.79 bits per heavy atom. The number of amides is 1. The maximum Gasteiger partial charge on any atom is 0.250 e. The molecule has 172 valence electrons. The Hall–Kier alpha value is -3.43. The number of carbonyl (C=O) groups excluding carboxylic acids is 1. The molecule has 1 amide bonds. The van der Waals surface area contributed by atoms with Crippen LogP contribution in [0.3, 0.4) is 0 Å². The van der Waals surface area contributed by atoms with E-state index in [0.29, 0.717) is 17.5 Å². The predicted molar refractivity (Wildman–Crippen MR) is 138 cm³/mol. The molecule has 9 heteroatoms. The smallest absolute Gasteiger partial charge is 0.250 e. The normalized spacial score (nSPS) is 11.0. The van der Waals surface area contributed by atoms with Crippen molar-refractivity contribution in [2.45, 2.75) is 11.8 Å². The van der Waals surface area contributed by atoms with E-state index >= 15 is 0 Å². The molecular formula is C25H22BrN5O2S. The maximum absolute atomic E-state index is 12.3. The van der Waals surface area contributed by atoms with Crippen LogP contribution < -0.4 is 10.2 Å². The molecular weight excluding hydrogens is 514 g/mol. The Balaban J connectivity index is 1.30. The van der Waals surface area contributed by atoms with Gasteiger partial charge in [-0.3, -0.25) is 4.79 Å². The average Bonchev–Trinajstić information content (AvgIpc) is 3.24. The van der Waals surface area contributed by atoms with Gasteiger partial charge in [-0.05, 0) is 29.8 Å². The molecule has 4 aromatic rings. The first kappa shape index (κ1) is 23.7. The number of para-hydroxylation sites is 1. The van der Waals surface area contributed by atoms with E-state index in [4.69, 9.17) is 4.74 Å². The number of aromatic nitrogens is 3. The Morgan fingerprint density at radius 1 is 1.06 bits per heavy atom. The first-order valence-electron chi connectivity index (χ1n) is 10.5. The van der Waals surface area contributed by atoms with Crippen LogP contribution in [0.2, 0.25) is 0 Å². The first-order chi connectivity index (χ1) is 16.6. The van der Waals surface area contributed by atoms with Crippen LogP contribution in [0.1, 0.15) is 11.1 Å². The van der Waals surface area contributed by atoms with Gasteiger partial charge < -0.3 is 9.30 Å². The third-order valence-corrected chi connectivity index (χ3v) is 6.37. The molecule has 0 unspecified atom stereocenters. The Morgan fingerprint density at radius 3 is 2.59 bits per heavy atom. The number of benzene rings is 3. The highest BCUT2D eigenvalue weighted by Gasteiger charge is 2.12. The van der Waals surface area contributed by atoms with Crippen molar-refractivity contribution in [3.05, 3.63) is 94.5 Å². The van der Waals surface area contributed by atoms with Gasteiger partial charge >= 0.3 is 0 Å². The van der Waals surface area contributed by atoms with Crippen LogP contribution in [0.4, 0.5) is 0 Å². The van der Waals surface area contributed by atoms with Gasteiger partial charge in [0.25, 0.3) is 5.91 Å². The summed E-state index contributed by atoms with van der Waals surface area (Å²) in [6.45, 7) is 0.434. The molecule has 0 radical (unpaired) electrons. The summed E-state index contributed by atoms with van der Waals surface area (Å²) in [7, 11) is 1.88. The van der Waals surface area contributed by atoms with Crippen molar-refractivity contribution < 1.29 is 9.53 Å². The average molecular weight is 536 g/mol. The number of rotatable bonds is 9. The molecule has 1 heterocycles. The first-order valence-corrected chi connectivity index (χ1v) is 12.2. The van der Waals surface area contributed by atoms with Crippen LogP contribution in [-0.4, -0.2) is 32.6 Å². The van der Waals surface area contributed by atoms with E-state index in [1.807, 2.05) is 90.5 Å². The molecule has 1 N–H and O–H groups in total. The molecule has 1 aromatic heterocycles. The lowest BCUT2D eigenvalue weighted by molar-refractivity contribution is -0.118. The second-order valence-electron chi connectivity index (χ2n) is 7.27. The number of nitrogens with one attached hydrogen (secondary N) is 1. The molecule has 3 aromatic carbocycles. The second-order valence-corrected chi connectivity index (χ2v) is 9.12. The van der Waals surface area contributed by atoms with Crippen LogP contribution in [0, 0.1) is 0 Å². The maximum atomic E-state index is 12.3. The predicted octanol–water partition coefficient (Wildman–Crippen LogP) is 5.07. The number of thioether (sulfide) groups is 1. The number of hydrogen-bond donors (Lipinski definition) is 1. The van der Waals surface area contributed by atoms with E-state index in [2.05, 4.69) is 36.7 Å². The summed E-state index contributed by atoms with van der Waals surface area (Å²) in [5.74, 6) is 1.37. The molecule has 0 spiro atoms. The molecule has 0 saturated carbocycles. The fourth-order valence-corrected chi connectivity index (χ4v) is 4.04. The van der Waals surface area contributed by atoms with Crippen molar-refractivity contribution in [3.8, 4) is 17.1 Å². The minimum atomic E-state index is -0.237. The zero-order valence-corrected chi connectivity index (χ0v) is 20.8. The monoisotopic (exact) mass is 535 g/mol. The summed E-state index contributed by atoms with van der Waals surface area (Å²) >= 11 is 4.73. The molecule has 34 heavy (non-hydrogen) atoms. The van der Waals surface area contributed by atoms with Crippen LogP contribution in [-0.2, 0) is 18.4 Å². The van der Waals surface area contributed by atoms with Gasteiger partial charge in [0.05, 0.1) is 12.0 Å². The molecule has 0 aliphatic heterocycles. The highest BCUT2D eigenvalue weighted by molar-refractivity contribution is 9.10. The minimum absolute atomic E-state index is 0.166. The number of carbonyl (C=O) groups is 1. The van der Waals surface area contributed by atoms with E-state index in [1.165, 1.54) is 11.8 Å². The molecule has 7 nitrogen and oxygen atoms in total. The van der Waals surface area contributed by atoms with Crippen molar-refractivity contribution in [3.63, 3.8) is 0 Å². The van der Waals surface area contributed by atoms with Gasteiger partial charge in [0.15, 0.2) is 11.0 Å². The number of hydrazone groups is 1. The lowest BCUT2D eigenvalue weighted by Gasteiger charge is -2.09. The molecule has 0 bridgehead atoms. The summed E-state index contributed by atoms with van der Waals surface area (Å²) in [4.78, 5) is 12.3. The largest absolute Gasteiger partial charge is 0.488 e. The van der Waals surface area contributed by atoms with Gasteiger partial charge in [-0.15, -0.1) is 10.2 Å². The molecule has 0 aliphatic carbocycles. The Kier molecular flexibility index (Phi) is 8.11. The SMILES string of the molecule is Cn1c(SCC(=O)N/N=C/c2ccccc2OCc2ccc(Br)cc2)nnc1-c1ccccc1. The van der Waals surface area contributed by atoms with Crippen LogP contribution in [0.25, 0.3) is 11.4 Å². The molecule has 0 saturated heterocycles. The van der Waals surface area contributed by atoms with Crippen molar-refractivity contribution in [1.82, 2.24) is 20.2 Å². The quantitative estimate of drug-likeness (QED) is 0.184. The summed E-state index contributed by atoms with van der Waals surface area (Å²) in [5.41, 5.74) is 5.36. The van der Waals surface area contributed by atoms with Crippen molar-refractivity contribution >= 4 is 39.8 Å². The van der Waals surface area contributed by atoms with Gasteiger partial charge in [-0.1, -0.05) is 82.3 Å². The van der Waals surface area contributed by atoms with Crippen LogP contribution in [0.15, 0.2) is 93.6 Å². The molecule has 0 fully saturated rings. The summed E-state index contributed by atoms with van der Waals surface area (Å²) in [5, 5.41) is 13.2. The van der Waals surface area contributed by atoms with Crippen molar-refractivity contribution in [2.24, 2.45) is 12.1 Å². The molecule has 4 rings (SSSR count). The van der Waals surface area contributed by atoms with Crippen molar-refractivity contribution in [1.29, 1.82) is 0 Å². The molecule has 0 atom stereocenters. The Labute approximate surface area is 210 Å². The van der Waals surface area contributed by atoms with Crippen LogP contribution in [0.5, 0.6) is 5.75 Å². The molecule has 0 aliphatic rings. The van der Waals surface area contributed by atoms with Gasteiger partial charge in [0.2, 0.25) is 0 Å². The third-order valence-electron chi connectivity index (χ3n) is 4.82. The fraction of sp³-hybridized carbons (Fsp3) is 0.120. The van der Waals surface area contributed by atoms with E-state index in [0.717, 1.165) is 27.0 Å². The number of hydrogen-bond acceptors (Lipinski definition) is 6. The Bertz CT molecular complexity index is 1280. The van der Waals surface area contributed by atoms with Crippen molar-refractivity contribution in [2.75, 3.05) is 5.75 Å². The second kappa shape index (κ2) is 11.6. The topological polar surface area (TPSA) is 81.4 Å². The van der Waals surface area contributed by atoms with E-state index in [1.54, 1.807) is 6.21 Å². The van der Waals surface area contributed by atoms with E-state index in [9.17, 15) is 4.79 Å². The standard InChI is InChI=1S/C25H22BrN5O2S/c1-31-24(19-7-3-2-4-8-19)29-30-25(31)34-17-23(32)28-27-15-20-9-5-6-10-22(20)33-16-18-11-13-21(26)14-12-18/h2-15H,16-17H2,1H3,(H,28,32)/b27-15+. The summed E-state index contributed by atoms with van der Waals surface area (Å²) < 4.78 is 8.83. The highest BCUT2D eigenvalue weighted by atomic mass is 79.9. The summed E-state index contributed by atoms with van der Waals surface area (Å²) in [6.07, 6.45) is 1.58. The highest BCUT2D eigenvalue weighted by Crippen LogP contribution is 2.22. The zero-order chi connectivity index (χ0) is 23.8. The lowest BCUT2D eigenvalue weighted by atomic mass is 10.2. The zero-order valence-electron chi connectivity index (χ0n) is 18.4. The lowest BCUT2D eigenvalue weighted by Crippen LogP contribution is -2.20. The number of nitrogens with zero attached hydrogens (tertiary/aromatic N) is 4. The van der Waals surface area contributed by atoms with Gasteiger partial charge in [0, 0.05) is 22.6 Å². The number of halogens is 1. The van der Waals surface area contributed by atoms with E-state index < -0.39 is 0 Å². The van der Waals surface area contributed by atoms with Gasteiger partial charge in [-0.25, -0.2) is 5.43 Å². The van der Waals surface area contributed by atoms with Gasteiger partial charge in [-0.2, -0.15) is 5.10 Å². The third kappa shape index (κ3) is 6.33. The van der Waals surface area contributed by atoms with Gasteiger partial charge in [0.1, 0.15) is 12.4 Å². The minimum Gasteiger partial charge on any atom is -0.488 e.